The number of amides is 1. The molecule has 1 fully saturated rings. The molecule has 1 N–H and O–H groups in total. The van der Waals surface area contributed by atoms with Gasteiger partial charge in [-0.15, -0.1) is 10.2 Å². The molecule has 1 aliphatic heterocycles. The number of piperidine rings is 1. The summed E-state index contributed by atoms with van der Waals surface area (Å²) in [7, 11) is -7.33. The molecule has 1 saturated heterocycles. The summed E-state index contributed by atoms with van der Waals surface area (Å²) in [6.07, 6.45) is 1.33. The van der Waals surface area contributed by atoms with Crippen molar-refractivity contribution in [2.45, 2.75) is 62.9 Å². The summed E-state index contributed by atoms with van der Waals surface area (Å²) < 4.78 is 60.0. The first-order chi connectivity index (χ1) is 15.1. The van der Waals surface area contributed by atoms with Crippen molar-refractivity contribution in [1.82, 2.24) is 19.7 Å². The lowest BCUT2D eigenvalue weighted by Crippen LogP contribution is -2.52. The third-order valence-corrected chi connectivity index (χ3v) is 10.3. The number of aromatic nitrogens is 3. The Balaban J connectivity index is 1.73. The minimum atomic E-state index is -3.94. The zero-order valence-electron chi connectivity index (χ0n) is 19.4. The van der Waals surface area contributed by atoms with Gasteiger partial charge in [0, 0.05) is 26.1 Å². The first-order valence-electron chi connectivity index (χ1n) is 10.3. The Hall–Kier alpha value is -2.32. The molecule has 12 nitrogen and oxygen atoms in total. The number of anilines is 1. The second-order valence-corrected chi connectivity index (χ2v) is 14.0. The van der Waals surface area contributed by atoms with E-state index >= 15 is 0 Å². The molecule has 0 radical (unpaired) electrons. The number of carbonyl (C=O) groups is 1. The summed E-state index contributed by atoms with van der Waals surface area (Å²) in [4.78, 5) is 13.0. The first-order valence-corrected chi connectivity index (χ1v) is 13.7. The van der Waals surface area contributed by atoms with Gasteiger partial charge in [0.2, 0.25) is 33.6 Å². The predicted octanol–water partition coefficient (Wildman–Crippen LogP) is 1.25. The summed E-state index contributed by atoms with van der Waals surface area (Å²) in [5.74, 6) is -0.0874. The van der Waals surface area contributed by atoms with Gasteiger partial charge in [-0.3, -0.25) is 10.1 Å². The summed E-state index contributed by atoms with van der Waals surface area (Å²) in [6, 6.07) is 1.48. The number of nitrogens with one attached hydrogen (secondary N) is 1. The van der Waals surface area contributed by atoms with E-state index in [4.69, 9.17) is 8.94 Å². The van der Waals surface area contributed by atoms with Crippen LogP contribution in [0, 0.1) is 6.92 Å². The molecular formula is C19H29N5O7S2. The topological polar surface area (TPSA) is 166 Å². The number of hydrogen-bond acceptors (Lipinski definition) is 10. The molecule has 184 valence electrons. The van der Waals surface area contributed by atoms with Gasteiger partial charge in [-0.2, -0.15) is 0 Å². The molecule has 33 heavy (non-hydrogen) atoms. The van der Waals surface area contributed by atoms with Crippen LogP contribution < -0.4 is 5.32 Å². The number of aryl methyl sites for hydroxylation is 1. The average molecular weight is 504 g/mol. The second kappa shape index (κ2) is 8.47. The molecule has 1 aliphatic rings. The van der Waals surface area contributed by atoms with Crippen molar-refractivity contribution in [1.29, 1.82) is 0 Å². The molecule has 0 unspecified atom stereocenters. The van der Waals surface area contributed by atoms with E-state index in [1.54, 1.807) is 20.8 Å². The summed E-state index contributed by atoms with van der Waals surface area (Å²) >= 11 is 0. The van der Waals surface area contributed by atoms with E-state index in [-0.39, 0.29) is 31.8 Å². The average Bonchev–Trinajstić information content (AvgIpc) is 3.37. The fourth-order valence-electron chi connectivity index (χ4n) is 3.57. The molecule has 14 heteroatoms. The Morgan fingerprint density at radius 1 is 1.12 bits per heavy atom. The SMILES string of the molecule is Cc1nnc(C(C)(C)c2cc(NC(=O)C(C)(C)S(=O)(=O)C3CCN(S(C)(=O)=O)CC3)on2)o1. The van der Waals surface area contributed by atoms with E-state index in [2.05, 4.69) is 20.7 Å². The van der Waals surface area contributed by atoms with Gasteiger partial charge in [0.1, 0.15) is 10.4 Å². The van der Waals surface area contributed by atoms with Gasteiger partial charge in [0.15, 0.2) is 9.84 Å². The minimum Gasteiger partial charge on any atom is -0.425 e. The highest BCUT2D eigenvalue weighted by molar-refractivity contribution is 7.94. The van der Waals surface area contributed by atoms with E-state index in [0.29, 0.717) is 17.5 Å². The second-order valence-electron chi connectivity index (χ2n) is 9.20. The van der Waals surface area contributed by atoms with Crippen LogP contribution in [0.2, 0.25) is 0 Å². The number of carbonyl (C=O) groups excluding carboxylic acids is 1. The van der Waals surface area contributed by atoms with Crippen molar-refractivity contribution < 1.29 is 30.6 Å². The third-order valence-electron chi connectivity index (χ3n) is 6.01. The maximum absolute atomic E-state index is 13.2. The Morgan fingerprint density at radius 2 is 1.73 bits per heavy atom. The predicted molar refractivity (Wildman–Crippen MR) is 119 cm³/mol. The van der Waals surface area contributed by atoms with Crippen LogP contribution in [0.25, 0.3) is 0 Å². The van der Waals surface area contributed by atoms with Gasteiger partial charge in [-0.25, -0.2) is 21.1 Å². The largest absolute Gasteiger partial charge is 0.425 e. The first kappa shape index (κ1) is 25.3. The molecule has 0 saturated carbocycles. The molecule has 0 atom stereocenters. The lowest BCUT2D eigenvalue weighted by Gasteiger charge is -2.34. The van der Waals surface area contributed by atoms with Crippen molar-refractivity contribution in [2.24, 2.45) is 0 Å². The van der Waals surface area contributed by atoms with Crippen molar-refractivity contribution >= 4 is 31.7 Å². The van der Waals surface area contributed by atoms with E-state index in [9.17, 15) is 21.6 Å². The van der Waals surface area contributed by atoms with Crippen molar-refractivity contribution in [3.63, 3.8) is 0 Å². The molecule has 0 bridgehead atoms. The Labute approximate surface area is 193 Å². The maximum Gasteiger partial charge on any atom is 0.247 e. The highest BCUT2D eigenvalue weighted by Crippen LogP contribution is 2.33. The molecule has 0 aromatic carbocycles. The van der Waals surface area contributed by atoms with Gasteiger partial charge in [0.25, 0.3) is 0 Å². The van der Waals surface area contributed by atoms with E-state index in [1.807, 2.05) is 0 Å². The van der Waals surface area contributed by atoms with Crippen LogP contribution in [0.1, 0.15) is 58.0 Å². The van der Waals surface area contributed by atoms with Crippen molar-refractivity contribution in [3.8, 4) is 0 Å². The van der Waals surface area contributed by atoms with Crippen LogP contribution in [-0.2, 0) is 30.1 Å². The number of sulfone groups is 1. The standard InChI is InChI=1S/C19H29N5O7S2/c1-12-21-22-17(30-12)18(2,3)14-11-15(31-23-14)20-16(25)19(4,5)33(28,29)13-7-9-24(10-8-13)32(6,26)27/h11,13H,7-10H2,1-6H3,(H,20,25). The van der Waals surface area contributed by atoms with Gasteiger partial charge in [-0.05, 0) is 40.5 Å². The molecule has 0 aliphatic carbocycles. The highest BCUT2D eigenvalue weighted by atomic mass is 32.2. The van der Waals surface area contributed by atoms with E-state index in [1.165, 1.54) is 24.2 Å². The fraction of sp³-hybridized carbons (Fsp3) is 0.684. The quantitative estimate of drug-likeness (QED) is 0.581. The van der Waals surface area contributed by atoms with Crippen LogP contribution >= 0.6 is 0 Å². The highest BCUT2D eigenvalue weighted by Gasteiger charge is 2.48. The van der Waals surface area contributed by atoms with E-state index < -0.39 is 41.2 Å². The van der Waals surface area contributed by atoms with Crippen molar-refractivity contribution in [3.05, 3.63) is 23.5 Å². The molecule has 3 heterocycles. The van der Waals surface area contributed by atoms with Crippen LogP contribution in [0.4, 0.5) is 5.88 Å². The zero-order chi connectivity index (χ0) is 24.8. The third kappa shape index (κ3) is 4.82. The van der Waals surface area contributed by atoms with Gasteiger partial charge in [-0.1, -0.05) is 5.16 Å². The van der Waals surface area contributed by atoms with Gasteiger partial charge >= 0.3 is 0 Å². The van der Waals surface area contributed by atoms with Crippen LogP contribution in [0.5, 0.6) is 0 Å². The Bertz CT molecular complexity index is 1240. The minimum absolute atomic E-state index is 0.0190. The molecule has 2 aromatic rings. The Kier molecular flexibility index (Phi) is 6.50. The monoisotopic (exact) mass is 503 g/mol. The summed E-state index contributed by atoms with van der Waals surface area (Å²) in [5, 5.41) is 13.4. The smallest absolute Gasteiger partial charge is 0.247 e. The number of sulfonamides is 1. The van der Waals surface area contributed by atoms with Crippen LogP contribution in [0.3, 0.4) is 0 Å². The molecular weight excluding hydrogens is 474 g/mol. The molecule has 3 rings (SSSR count). The number of nitrogens with zero attached hydrogens (tertiary/aromatic N) is 4. The summed E-state index contributed by atoms with van der Waals surface area (Å²) in [5.41, 5.74) is -0.390. The number of rotatable bonds is 7. The lowest BCUT2D eigenvalue weighted by atomic mass is 9.89. The lowest BCUT2D eigenvalue weighted by molar-refractivity contribution is -0.118. The maximum atomic E-state index is 13.2. The van der Waals surface area contributed by atoms with Gasteiger partial charge < -0.3 is 8.94 Å². The van der Waals surface area contributed by atoms with Crippen LogP contribution in [0.15, 0.2) is 15.0 Å². The Morgan fingerprint density at radius 3 is 2.24 bits per heavy atom. The molecule has 0 spiro atoms. The van der Waals surface area contributed by atoms with Gasteiger partial charge in [0.05, 0.1) is 16.9 Å². The van der Waals surface area contributed by atoms with Crippen molar-refractivity contribution in [2.75, 3.05) is 24.7 Å². The number of hydrogen-bond donors (Lipinski definition) is 1. The normalized spacial score (nSPS) is 17.3. The fourth-order valence-corrected chi connectivity index (χ4v) is 6.42. The van der Waals surface area contributed by atoms with E-state index in [0.717, 1.165) is 6.26 Å². The van der Waals surface area contributed by atoms with Crippen LogP contribution in [-0.4, -0.2) is 71.7 Å². The molecule has 1 amide bonds. The molecule has 2 aromatic heterocycles. The zero-order valence-corrected chi connectivity index (χ0v) is 21.1. The summed E-state index contributed by atoms with van der Waals surface area (Å²) in [6.45, 7) is 8.08.